The number of amides is 1. The van der Waals surface area contributed by atoms with Crippen LogP contribution in [0.15, 0.2) is 65.6 Å². The van der Waals surface area contributed by atoms with Crippen LogP contribution in [0.5, 0.6) is 5.75 Å². The first-order valence-corrected chi connectivity index (χ1v) is 12.5. The van der Waals surface area contributed by atoms with Crippen LogP contribution < -0.4 is 10.1 Å². The second kappa shape index (κ2) is 10.1. The molecular weight excluding hydrogens is 484 g/mol. The van der Waals surface area contributed by atoms with Gasteiger partial charge >= 0.3 is 0 Å². The maximum Gasteiger partial charge on any atom is 0.228 e. The van der Waals surface area contributed by atoms with Crippen molar-refractivity contribution in [3.63, 3.8) is 0 Å². The fraction of sp³-hybridized carbons (Fsp3) is 0.240. The molecule has 0 atom stereocenters. The molecule has 1 N–H and O–H groups in total. The van der Waals surface area contributed by atoms with Crippen molar-refractivity contribution in [2.75, 3.05) is 11.1 Å². The second-order valence-electron chi connectivity index (χ2n) is 8.15. The van der Waals surface area contributed by atoms with E-state index in [1.54, 1.807) is 32.9 Å². The zero-order chi connectivity index (χ0) is 25.1. The van der Waals surface area contributed by atoms with Gasteiger partial charge in [-0.2, -0.15) is 0 Å². The number of nitrogens with one attached hydrogen (secondary N) is 1. The highest BCUT2D eigenvalue weighted by molar-refractivity contribution is 7.91. The van der Waals surface area contributed by atoms with Gasteiger partial charge in [0.05, 0.1) is 22.1 Å². The van der Waals surface area contributed by atoms with Crippen molar-refractivity contribution in [3.8, 4) is 5.75 Å². The second-order valence-corrected chi connectivity index (χ2v) is 10.8. The molecule has 3 rings (SSSR count). The maximum absolute atomic E-state index is 14.7. The summed E-state index contributed by atoms with van der Waals surface area (Å²) in [4.78, 5) is 12.6. The van der Waals surface area contributed by atoms with Crippen LogP contribution in [0.2, 0.25) is 5.02 Å². The average molecular weight is 508 g/mol. The Bertz CT molecular complexity index is 1310. The van der Waals surface area contributed by atoms with E-state index in [2.05, 4.69) is 5.32 Å². The van der Waals surface area contributed by atoms with E-state index in [1.165, 1.54) is 36.4 Å². The van der Waals surface area contributed by atoms with Crippen LogP contribution in [0.1, 0.15) is 31.9 Å². The zero-order valence-corrected chi connectivity index (χ0v) is 20.4. The molecule has 3 aromatic rings. The van der Waals surface area contributed by atoms with Crippen LogP contribution in [-0.4, -0.2) is 20.1 Å². The summed E-state index contributed by atoms with van der Waals surface area (Å²) in [5.74, 6) is -1.64. The number of sulfone groups is 1. The molecule has 0 aliphatic rings. The number of halogens is 3. The number of anilines is 1. The first kappa shape index (κ1) is 25.6. The monoisotopic (exact) mass is 507 g/mol. The number of ether oxygens (including phenoxy) is 1. The van der Waals surface area contributed by atoms with Gasteiger partial charge in [-0.3, -0.25) is 4.79 Å². The topological polar surface area (TPSA) is 72.5 Å². The van der Waals surface area contributed by atoms with E-state index in [9.17, 15) is 22.0 Å². The SMILES string of the molecule is CCS(=O)(=O)c1ccc(CC(=O)Nc2ccc(OC(C)(C)c3ccc(F)cc3Cl)c(F)c2)cc1. The molecule has 0 fully saturated rings. The van der Waals surface area contributed by atoms with E-state index in [0.29, 0.717) is 11.1 Å². The molecule has 34 heavy (non-hydrogen) atoms. The third-order valence-corrected chi connectivity index (χ3v) is 7.25. The van der Waals surface area contributed by atoms with Crippen LogP contribution in [-0.2, 0) is 26.7 Å². The number of hydrogen-bond acceptors (Lipinski definition) is 4. The minimum atomic E-state index is -3.31. The molecule has 1 amide bonds. The van der Waals surface area contributed by atoms with Gasteiger partial charge in [-0.15, -0.1) is 0 Å². The zero-order valence-electron chi connectivity index (χ0n) is 18.9. The quantitative estimate of drug-likeness (QED) is 0.411. The van der Waals surface area contributed by atoms with Crippen molar-refractivity contribution in [1.29, 1.82) is 0 Å². The van der Waals surface area contributed by atoms with E-state index in [-0.39, 0.29) is 33.5 Å². The Morgan fingerprint density at radius 2 is 1.71 bits per heavy atom. The molecule has 0 aliphatic carbocycles. The lowest BCUT2D eigenvalue weighted by molar-refractivity contribution is -0.115. The van der Waals surface area contributed by atoms with E-state index in [0.717, 1.165) is 12.1 Å². The Morgan fingerprint density at radius 1 is 1.03 bits per heavy atom. The van der Waals surface area contributed by atoms with Crippen LogP contribution in [0.25, 0.3) is 0 Å². The molecule has 0 saturated heterocycles. The molecule has 0 saturated carbocycles. The molecule has 0 aliphatic heterocycles. The molecule has 0 bridgehead atoms. The molecule has 0 heterocycles. The Morgan fingerprint density at radius 3 is 2.29 bits per heavy atom. The molecule has 0 aromatic heterocycles. The number of rotatable bonds is 8. The summed E-state index contributed by atoms with van der Waals surface area (Å²) in [6.07, 6.45) is -0.0115. The van der Waals surface area contributed by atoms with Gasteiger partial charge in [-0.25, -0.2) is 17.2 Å². The van der Waals surface area contributed by atoms with Crippen molar-refractivity contribution in [2.45, 2.75) is 37.7 Å². The molecule has 5 nitrogen and oxygen atoms in total. The van der Waals surface area contributed by atoms with Crippen LogP contribution in [0.4, 0.5) is 14.5 Å². The normalized spacial score (nSPS) is 11.8. The number of hydrogen-bond donors (Lipinski definition) is 1. The minimum absolute atomic E-state index is 0.00771. The fourth-order valence-corrected chi connectivity index (χ4v) is 4.62. The first-order chi connectivity index (χ1) is 15.9. The molecule has 0 radical (unpaired) electrons. The summed E-state index contributed by atoms with van der Waals surface area (Å²) in [7, 11) is -3.31. The lowest BCUT2D eigenvalue weighted by Crippen LogP contribution is -2.26. The molecule has 9 heteroatoms. The summed E-state index contributed by atoms with van der Waals surface area (Å²) in [5, 5.41) is 2.77. The van der Waals surface area contributed by atoms with Crippen LogP contribution in [0, 0.1) is 11.6 Å². The number of benzene rings is 3. The summed E-state index contributed by atoms with van der Waals surface area (Å²) < 4.78 is 57.6. The van der Waals surface area contributed by atoms with Gasteiger partial charge in [0.1, 0.15) is 11.4 Å². The highest BCUT2D eigenvalue weighted by Gasteiger charge is 2.27. The summed E-state index contributed by atoms with van der Waals surface area (Å²) in [6, 6.07) is 14.0. The minimum Gasteiger partial charge on any atom is -0.480 e. The predicted molar refractivity (Wildman–Crippen MR) is 128 cm³/mol. The van der Waals surface area contributed by atoms with E-state index < -0.39 is 33.0 Å². The molecular formula is C25H24ClF2NO4S. The highest BCUT2D eigenvalue weighted by Crippen LogP contribution is 2.34. The molecule has 0 spiro atoms. The van der Waals surface area contributed by atoms with Crippen molar-refractivity contribution < 1.29 is 26.7 Å². The van der Waals surface area contributed by atoms with Gasteiger partial charge in [0, 0.05) is 17.3 Å². The van der Waals surface area contributed by atoms with Crippen molar-refractivity contribution in [2.24, 2.45) is 0 Å². The van der Waals surface area contributed by atoms with Gasteiger partial charge in [-0.1, -0.05) is 36.7 Å². The Hall–Kier alpha value is -2.97. The van der Waals surface area contributed by atoms with Gasteiger partial charge < -0.3 is 10.1 Å². The lowest BCUT2D eigenvalue weighted by Gasteiger charge is -2.28. The van der Waals surface area contributed by atoms with Crippen molar-refractivity contribution >= 4 is 33.0 Å². The predicted octanol–water partition coefficient (Wildman–Crippen LogP) is 5.91. The molecule has 3 aromatic carbocycles. The lowest BCUT2D eigenvalue weighted by atomic mass is 9.97. The molecule has 180 valence electrons. The van der Waals surface area contributed by atoms with E-state index in [1.807, 2.05) is 0 Å². The Kier molecular flexibility index (Phi) is 7.63. The van der Waals surface area contributed by atoms with Crippen LogP contribution in [0.3, 0.4) is 0 Å². The first-order valence-electron chi connectivity index (χ1n) is 10.5. The standard InChI is InChI=1S/C25H24ClF2NO4S/c1-4-34(31,32)19-9-5-16(6-10-19)13-24(30)29-18-8-12-23(22(28)15-18)33-25(2,3)20-11-7-17(27)14-21(20)26/h5-12,14-15H,4,13H2,1-3H3,(H,29,30). The highest BCUT2D eigenvalue weighted by atomic mass is 35.5. The Balaban J connectivity index is 1.67. The number of carbonyl (C=O) groups is 1. The summed E-state index contributed by atoms with van der Waals surface area (Å²) in [6.45, 7) is 4.92. The molecule has 0 unspecified atom stereocenters. The summed E-state index contributed by atoms with van der Waals surface area (Å²) in [5.41, 5.74) is 0.294. The smallest absolute Gasteiger partial charge is 0.228 e. The van der Waals surface area contributed by atoms with Crippen LogP contribution >= 0.6 is 11.6 Å². The number of carbonyl (C=O) groups excluding carboxylic acids is 1. The third-order valence-electron chi connectivity index (χ3n) is 5.19. The fourth-order valence-electron chi connectivity index (χ4n) is 3.34. The third kappa shape index (κ3) is 6.12. The van der Waals surface area contributed by atoms with Gasteiger partial charge in [0.2, 0.25) is 5.91 Å². The van der Waals surface area contributed by atoms with E-state index >= 15 is 0 Å². The largest absolute Gasteiger partial charge is 0.480 e. The van der Waals surface area contributed by atoms with Crippen molar-refractivity contribution in [3.05, 3.63) is 88.4 Å². The van der Waals surface area contributed by atoms with Crippen molar-refractivity contribution in [1.82, 2.24) is 0 Å². The van der Waals surface area contributed by atoms with Gasteiger partial charge in [-0.05, 0) is 55.8 Å². The Labute approximate surface area is 202 Å². The summed E-state index contributed by atoms with van der Waals surface area (Å²) >= 11 is 6.12. The average Bonchev–Trinajstić information content (AvgIpc) is 2.75. The van der Waals surface area contributed by atoms with E-state index in [4.69, 9.17) is 16.3 Å². The van der Waals surface area contributed by atoms with Gasteiger partial charge in [0.25, 0.3) is 0 Å². The van der Waals surface area contributed by atoms with Gasteiger partial charge in [0.15, 0.2) is 21.4 Å². The maximum atomic E-state index is 14.7.